The standard InChI is InChI=1S/C16H14Cl3N3O3/c1-24-14-3-2-9(7-21-22-16(20)23)4-10(14)8-25-15-12(18)5-11(17)6-13(15)19/h2-7H,8H2,1H3,(H3,20,22,23). The zero-order chi connectivity index (χ0) is 18.4. The Morgan fingerprint density at radius 2 is 1.92 bits per heavy atom. The van der Waals surface area contributed by atoms with E-state index in [0.717, 1.165) is 5.56 Å². The molecule has 0 fully saturated rings. The molecule has 0 aliphatic rings. The molecule has 2 aromatic carbocycles. The summed E-state index contributed by atoms with van der Waals surface area (Å²) in [5, 5.41) is 4.73. The fourth-order valence-corrected chi connectivity index (χ4v) is 2.90. The quantitative estimate of drug-likeness (QED) is 0.560. The van der Waals surface area contributed by atoms with Crippen LogP contribution in [0, 0.1) is 0 Å². The Labute approximate surface area is 159 Å². The summed E-state index contributed by atoms with van der Waals surface area (Å²) in [6.45, 7) is 0.148. The van der Waals surface area contributed by atoms with Crippen molar-refractivity contribution in [3.8, 4) is 11.5 Å². The van der Waals surface area contributed by atoms with Gasteiger partial charge < -0.3 is 15.2 Å². The van der Waals surface area contributed by atoms with Gasteiger partial charge in [0, 0.05) is 10.6 Å². The van der Waals surface area contributed by atoms with E-state index in [1.807, 2.05) is 0 Å². The summed E-state index contributed by atoms with van der Waals surface area (Å²) in [6, 6.07) is 7.62. The molecule has 25 heavy (non-hydrogen) atoms. The molecule has 0 spiro atoms. The summed E-state index contributed by atoms with van der Waals surface area (Å²) in [5.74, 6) is 0.936. The number of amides is 2. The fraction of sp³-hybridized carbons (Fsp3) is 0.125. The first-order valence-electron chi connectivity index (χ1n) is 6.93. The zero-order valence-electron chi connectivity index (χ0n) is 13.1. The smallest absolute Gasteiger partial charge is 0.332 e. The molecule has 3 N–H and O–H groups in total. The number of methoxy groups -OCH3 is 1. The highest BCUT2D eigenvalue weighted by molar-refractivity contribution is 6.40. The molecule has 0 saturated carbocycles. The number of carbonyl (C=O) groups is 1. The largest absolute Gasteiger partial charge is 0.496 e. The molecule has 0 atom stereocenters. The highest BCUT2D eigenvalue weighted by atomic mass is 35.5. The van der Waals surface area contributed by atoms with Gasteiger partial charge in [-0.1, -0.05) is 34.8 Å². The molecule has 2 amide bonds. The number of hydrogen-bond donors (Lipinski definition) is 2. The number of nitrogens with one attached hydrogen (secondary N) is 1. The van der Waals surface area contributed by atoms with E-state index in [2.05, 4.69) is 10.5 Å². The van der Waals surface area contributed by atoms with E-state index in [9.17, 15) is 4.79 Å². The van der Waals surface area contributed by atoms with E-state index in [1.54, 1.807) is 37.4 Å². The molecule has 0 aromatic heterocycles. The van der Waals surface area contributed by atoms with Crippen molar-refractivity contribution in [2.24, 2.45) is 10.8 Å². The molecule has 0 aliphatic heterocycles. The van der Waals surface area contributed by atoms with Crippen LogP contribution in [0.15, 0.2) is 35.4 Å². The third-order valence-electron chi connectivity index (χ3n) is 3.03. The van der Waals surface area contributed by atoms with E-state index in [4.69, 9.17) is 50.0 Å². The second-order valence-corrected chi connectivity index (χ2v) is 6.04. The van der Waals surface area contributed by atoms with Gasteiger partial charge in [-0.15, -0.1) is 0 Å². The molecule has 0 bridgehead atoms. The maximum Gasteiger partial charge on any atom is 0.332 e. The lowest BCUT2D eigenvalue weighted by molar-refractivity contribution is 0.249. The molecular formula is C16H14Cl3N3O3. The molecule has 9 heteroatoms. The number of carbonyl (C=O) groups excluding carboxylic acids is 1. The van der Waals surface area contributed by atoms with Gasteiger partial charge in [-0.25, -0.2) is 10.2 Å². The summed E-state index contributed by atoms with van der Waals surface area (Å²) >= 11 is 18.1. The lowest BCUT2D eigenvalue weighted by atomic mass is 10.1. The van der Waals surface area contributed by atoms with Gasteiger partial charge in [0.25, 0.3) is 0 Å². The van der Waals surface area contributed by atoms with Gasteiger partial charge in [-0.2, -0.15) is 5.10 Å². The predicted octanol–water partition coefficient (Wildman–Crippen LogP) is 4.24. The van der Waals surface area contributed by atoms with Crippen molar-refractivity contribution >= 4 is 47.0 Å². The second kappa shape index (κ2) is 8.80. The van der Waals surface area contributed by atoms with Gasteiger partial charge in [-0.3, -0.25) is 0 Å². The summed E-state index contributed by atoms with van der Waals surface area (Å²) in [5.41, 5.74) is 8.50. The number of primary amides is 1. The van der Waals surface area contributed by atoms with Crippen LogP contribution in [0.5, 0.6) is 11.5 Å². The summed E-state index contributed by atoms with van der Waals surface area (Å²) in [4.78, 5) is 10.6. The van der Waals surface area contributed by atoms with Crippen molar-refractivity contribution in [2.45, 2.75) is 6.61 Å². The van der Waals surface area contributed by atoms with Crippen LogP contribution in [-0.2, 0) is 6.61 Å². The van der Waals surface area contributed by atoms with Gasteiger partial charge in [0.05, 0.1) is 23.4 Å². The Hall–Kier alpha value is -2.15. The first-order valence-corrected chi connectivity index (χ1v) is 8.07. The third-order valence-corrected chi connectivity index (χ3v) is 3.81. The number of hydrogen-bond acceptors (Lipinski definition) is 4. The summed E-state index contributed by atoms with van der Waals surface area (Å²) < 4.78 is 11.0. The van der Waals surface area contributed by atoms with Crippen molar-refractivity contribution in [1.82, 2.24) is 5.43 Å². The minimum atomic E-state index is -0.750. The molecule has 132 valence electrons. The average Bonchev–Trinajstić information content (AvgIpc) is 2.53. The highest BCUT2D eigenvalue weighted by Gasteiger charge is 2.11. The average molecular weight is 403 g/mol. The first-order chi connectivity index (χ1) is 11.9. The van der Waals surface area contributed by atoms with Crippen molar-refractivity contribution in [1.29, 1.82) is 0 Å². The normalized spacial score (nSPS) is 10.7. The van der Waals surface area contributed by atoms with E-state index >= 15 is 0 Å². The molecule has 6 nitrogen and oxygen atoms in total. The zero-order valence-corrected chi connectivity index (χ0v) is 15.3. The Morgan fingerprint density at radius 1 is 1.24 bits per heavy atom. The number of urea groups is 1. The molecule has 0 aliphatic carbocycles. The van der Waals surface area contributed by atoms with E-state index in [0.29, 0.717) is 32.1 Å². The fourth-order valence-electron chi connectivity index (χ4n) is 1.98. The van der Waals surface area contributed by atoms with Gasteiger partial charge in [0.1, 0.15) is 12.4 Å². The third kappa shape index (κ3) is 5.42. The van der Waals surface area contributed by atoms with Crippen LogP contribution in [0.3, 0.4) is 0 Å². The van der Waals surface area contributed by atoms with Crippen LogP contribution < -0.4 is 20.6 Å². The van der Waals surface area contributed by atoms with Crippen LogP contribution in [0.25, 0.3) is 0 Å². The molecule has 2 aromatic rings. The SMILES string of the molecule is COc1ccc(C=NNC(N)=O)cc1COc1c(Cl)cc(Cl)cc1Cl. The molecule has 0 unspecified atom stereocenters. The Morgan fingerprint density at radius 3 is 2.52 bits per heavy atom. The Kier molecular flexibility index (Phi) is 6.75. The monoisotopic (exact) mass is 401 g/mol. The van der Waals surface area contributed by atoms with Crippen LogP contribution in [0.2, 0.25) is 15.1 Å². The van der Waals surface area contributed by atoms with Crippen LogP contribution in [0.1, 0.15) is 11.1 Å². The molecule has 0 heterocycles. The Bertz CT molecular complexity index is 789. The maximum absolute atomic E-state index is 10.6. The number of rotatable bonds is 6. The minimum Gasteiger partial charge on any atom is -0.496 e. The van der Waals surface area contributed by atoms with Gasteiger partial charge in [0.2, 0.25) is 0 Å². The number of benzene rings is 2. The van der Waals surface area contributed by atoms with E-state index in [1.165, 1.54) is 6.21 Å². The number of ether oxygens (including phenoxy) is 2. The second-order valence-electron chi connectivity index (χ2n) is 4.79. The van der Waals surface area contributed by atoms with E-state index in [-0.39, 0.29) is 6.61 Å². The molecule has 0 radical (unpaired) electrons. The van der Waals surface area contributed by atoms with Crippen molar-refractivity contribution in [3.05, 3.63) is 56.5 Å². The lowest BCUT2D eigenvalue weighted by Gasteiger charge is -2.13. The Balaban J connectivity index is 2.20. The summed E-state index contributed by atoms with van der Waals surface area (Å²) in [6.07, 6.45) is 1.44. The van der Waals surface area contributed by atoms with Gasteiger partial charge in [-0.05, 0) is 35.9 Å². The van der Waals surface area contributed by atoms with Gasteiger partial charge in [0.15, 0.2) is 5.75 Å². The molecule has 0 saturated heterocycles. The number of hydrazone groups is 1. The minimum absolute atomic E-state index is 0.148. The van der Waals surface area contributed by atoms with E-state index < -0.39 is 6.03 Å². The topological polar surface area (TPSA) is 85.9 Å². The van der Waals surface area contributed by atoms with Crippen LogP contribution >= 0.6 is 34.8 Å². The number of halogens is 3. The molecule has 2 rings (SSSR count). The van der Waals surface area contributed by atoms with Crippen molar-refractivity contribution < 1.29 is 14.3 Å². The van der Waals surface area contributed by atoms with Crippen molar-refractivity contribution in [3.63, 3.8) is 0 Å². The number of nitrogens with two attached hydrogens (primary N) is 1. The van der Waals surface area contributed by atoms with Crippen LogP contribution in [0.4, 0.5) is 4.79 Å². The van der Waals surface area contributed by atoms with Crippen LogP contribution in [-0.4, -0.2) is 19.4 Å². The van der Waals surface area contributed by atoms with Gasteiger partial charge >= 0.3 is 6.03 Å². The highest BCUT2D eigenvalue weighted by Crippen LogP contribution is 2.36. The summed E-state index contributed by atoms with van der Waals surface area (Å²) in [7, 11) is 1.55. The first kappa shape index (κ1) is 19.2. The lowest BCUT2D eigenvalue weighted by Crippen LogP contribution is -2.24. The predicted molar refractivity (Wildman–Crippen MR) is 99.1 cm³/mol. The van der Waals surface area contributed by atoms with Crippen molar-refractivity contribution in [2.75, 3.05) is 7.11 Å². The maximum atomic E-state index is 10.6. The number of nitrogens with zero attached hydrogens (tertiary/aromatic N) is 1. The molecular weight excluding hydrogens is 389 g/mol.